The number of thiol groups is 1. The molecule has 2 atom stereocenters. The molecule has 0 aromatic heterocycles. The standard InChI is InChI=1S/C10H12FNO4S/c11-6-1-2-7(8(5-6)12(15)16)10(14)9(13)3-4-17/h1-2,5,9-10,13-14,17H,3-4H2. The maximum absolute atomic E-state index is 12.9. The molecule has 0 aliphatic heterocycles. The Balaban J connectivity index is 3.08. The van der Waals surface area contributed by atoms with Crippen molar-refractivity contribution in [1.29, 1.82) is 0 Å². The van der Waals surface area contributed by atoms with Crippen LogP contribution in [0.1, 0.15) is 18.1 Å². The molecule has 0 aliphatic rings. The molecule has 0 heterocycles. The molecular weight excluding hydrogens is 249 g/mol. The van der Waals surface area contributed by atoms with E-state index in [0.717, 1.165) is 12.1 Å². The summed E-state index contributed by atoms with van der Waals surface area (Å²) >= 11 is 3.88. The maximum Gasteiger partial charge on any atom is 0.278 e. The third-order valence-electron chi connectivity index (χ3n) is 2.30. The lowest BCUT2D eigenvalue weighted by Crippen LogP contribution is -2.19. The molecule has 0 radical (unpaired) electrons. The molecule has 0 fully saturated rings. The van der Waals surface area contributed by atoms with Crippen molar-refractivity contribution >= 4 is 18.3 Å². The van der Waals surface area contributed by atoms with E-state index in [1.807, 2.05) is 0 Å². The fraction of sp³-hybridized carbons (Fsp3) is 0.400. The van der Waals surface area contributed by atoms with E-state index in [0.29, 0.717) is 11.8 Å². The van der Waals surface area contributed by atoms with Gasteiger partial charge in [0.1, 0.15) is 11.9 Å². The van der Waals surface area contributed by atoms with Crippen molar-refractivity contribution in [1.82, 2.24) is 0 Å². The van der Waals surface area contributed by atoms with E-state index < -0.39 is 28.6 Å². The predicted molar refractivity (Wildman–Crippen MR) is 62.5 cm³/mol. The molecular formula is C10H12FNO4S. The summed E-state index contributed by atoms with van der Waals surface area (Å²) in [4.78, 5) is 9.89. The van der Waals surface area contributed by atoms with Crippen LogP contribution in [0.3, 0.4) is 0 Å². The SMILES string of the molecule is O=[N+]([O-])c1cc(F)ccc1C(O)C(O)CCS. The number of benzene rings is 1. The number of aliphatic hydroxyl groups excluding tert-OH is 2. The Labute approximate surface area is 102 Å². The average Bonchev–Trinajstić information content (AvgIpc) is 2.28. The van der Waals surface area contributed by atoms with Crippen LogP contribution in [0.15, 0.2) is 18.2 Å². The van der Waals surface area contributed by atoms with E-state index in [-0.39, 0.29) is 12.0 Å². The van der Waals surface area contributed by atoms with Crippen LogP contribution >= 0.6 is 12.6 Å². The Morgan fingerprint density at radius 3 is 2.65 bits per heavy atom. The van der Waals surface area contributed by atoms with Gasteiger partial charge >= 0.3 is 0 Å². The van der Waals surface area contributed by atoms with Crippen molar-refractivity contribution in [3.8, 4) is 0 Å². The minimum atomic E-state index is -1.43. The molecule has 94 valence electrons. The lowest BCUT2D eigenvalue weighted by molar-refractivity contribution is -0.386. The van der Waals surface area contributed by atoms with Crippen molar-refractivity contribution in [2.45, 2.75) is 18.6 Å². The Bertz CT molecular complexity index is 415. The van der Waals surface area contributed by atoms with Crippen LogP contribution in [-0.4, -0.2) is 27.0 Å². The molecule has 0 aliphatic carbocycles. The van der Waals surface area contributed by atoms with Gasteiger partial charge in [-0.1, -0.05) is 0 Å². The van der Waals surface area contributed by atoms with Crippen LogP contribution in [0.5, 0.6) is 0 Å². The normalized spacial score (nSPS) is 14.4. The molecule has 1 rings (SSSR count). The van der Waals surface area contributed by atoms with Gasteiger partial charge in [-0.3, -0.25) is 10.1 Å². The fourth-order valence-electron chi connectivity index (χ4n) is 1.42. The van der Waals surface area contributed by atoms with E-state index in [2.05, 4.69) is 12.6 Å². The number of nitro benzene ring substituents is 1. The fourth-order valence-corrected chi connectivity index (χ4v) is 1.69. The maximum atomic E-state index is 12.9. The van der Waals surface area contributed by atoms with Crippen molar-refractivity contribution < 1.29 is 19.5 Å². The highest BCUT2D eigenvalue weighted by molar-refractivity contribution is 7.80. The molecule has 0 bridgehead atoms. The van der Waals surface area contributed by atoms with Crippen LogP contribution in [-0.2, 0) is 0 Å². The number of halogens is 1. The summed E-state index contributed by atoms with van der Waals surface area (Å²) in [5, 5.41) is 30.0. The summed E-state index contributed by atoms with van der Waals surface area (Å²) in [6, 6.07) is 2.81. The minimum absolute atomic E-state index is 0.106. The summed E-state index contributed by atoms with van der Waals surface area (Å²) in [5.74, 6) is -0.441. The van der Waals surface area contributed by atoms with E-state index in [1.165, 1.54) is 0 Å². The number of hydrogen-bond acceptors (Lipinski definition) is 5. The van der Waals surface area contributed by atoms with Crippen molar-refractivity contribution in [2.24, 2.45) is 0 Å². The molecule has 1 aromatic rings. The van der Waals surface area contributed by atoms with Gasteiger partial charge in [0, 0.05) is 0 Å². The molecule has 2 unspecified atom stereocenters. The highest BCUT2D eigenvalue weighted by atomic mass is 32.1. The monoisotopic (exact) mass is 261 g/mol. The number of hydrogen-bond donors (Lipinski definition) is 3. The van der Waals surface area contributed by atoms with Gasteiger partial charge in [0.2, 0.25) is 0 Å². The van der Waals surface area contributed by atoms with Crippen LogP contribution in [0.2, 0.25) is 0 Å². The lowest BCUT2D eigenvalue weighted by Gasteiger charge is -2.17. The zero-order valence-corrected chi connectivity index (χ0v) is 9.68. The summed E-state index contributed by atoms with van der Waals surface area (Å²) in [7, 11) is 0. The van der Waals surface area contributed by atoms with Crippen LogP contribution < -0.4 is 0 Å². The van der Waals surface area contributed by atoms with E-state index in [4.69, 9.17) is 0 Å². The third-order valence-corrected chi connectivity index (χ3v) is 2.56. The van der Waals surface area contributed by atoms with Gasteiger partial charge in [-0.15, -0.1) is 0 Å². The smallest absolute Gasteiger partial charge is 0.278 e. The van der Waals surface area contributed by atoms with Gasteiger partial charge in [-0.2, -0.15) is 12.6 Å². The minimum Gasteiger partial charge on any atom is -0.390 e. The van der Waals surface area contributed by atoms with Gasteiger partial charge in [0.15, 0.2) is 0 Å². The number of rotatable bonds is 5. The highest BCUT2D eigenvalue weighted by Crippen LogP contribution is 2.29. The van der Waals surface area contributed by atoms with E-state index in [1.54, 1.807) is 0 Å². The van der Waals surface area contributed by atoms with Gasteiger partial charge in [-0.05, 0) is 24.3 Å². The first-order valence-electron chi connectivity index (χ1n) is 4.88. The first kappa shape index (κ1) is 13.9. The van der Waals surface area contributed by atoms with Gasteiger partial charge in [0.25, 0.3) is 5.69 Å². The van der Waals surface area contributed by atoms with Crippen molar-refractivity contribution in [2.75, 3.05) is 5.75 Å². The van der Waals surface area contributed by atoms with E-state index >= 15 is 0 Å². The molecule has 2 N–H and O–H groups in total. The number of aliphatic hydroxyl groups is 2. The summed E-state index contributed by atoms with van der Waals surface area (Å²) < 4.78 is 12.9. The van der Waals surface area contributed by atoms with Gasteiger partial charge < -0.3 is 10.2 Å². The zero-order chi connectivity index (χ0) is 13.0. The number of nitro groups is 1. The molecule has 17 heavy (non-hydrogen) atoms. The molecule has 0 amide bonds. The molecule has 0 spiro atoms. The van der Waals surface area contributed by atoms with Crippen LogP contribution in [0.25, 0.3) is 0 Å². The molecule has 1 aromatic carbocycles. The van der Waals surface area contributed by atoms with Gasteiger partial charge in [0.05, 0.1) is 22.7 Å². The Morgan fingerprint density at radius 2 is 2.12 bits per heavy atom. The molecule has 0 saturated heterocycles. The topological polar surface area (TPSA) is 83.6 Å². The third kappa shape index (κ3) is 3.39. The summed E-state index contributed by atoms with van der Waals surface area (Å²) in [5.41, 5.74) is -0.651. The van der Waals surface area contributed by atoms with Crippen molar-refractivity contribution in [3.63, 3.8) is 0 Å². The largest absolute Gasteiger partial charge is 0.390 e. The summed E-state index contributed by atoms with van der Waals surface area (Å²) in [6.07, 6.45) is -2.42. The quantitative estimate of drug-likeness (QED) is 0.425. The second-order valence-electron chi connectivity index (χ2n) is 3.48. The Kier molecular flexibility index (Phi) is 4.86. The Hall–Kier alpha value is -1.18. The average molecular weight is 261 g/mol. The second-order valence-corrected chi connectivity index (χ2v) is 3.93. The van der Waals surface area contributed by atoms with Crippen molar-refractivity contribution in [3.05, 3.63) is 39.7 Å². The second kappa shape index (κ2) is 5.95. The first-order chi connectivity index (χ1) is 7.97. The highest BCUT2D eigenvalue weighted by Gasteiger charge is 2.26. The Morgan fingerprint density at radius 1 is 1.47 bits per heavy atom. The molecule has 5 nitrogen and oxygen atoms in total. The van der Waals surface area contributed by atoms with E-state index in [9.17, 15) is 24.7 Å². The molecule has 0 saturated carbocycles. The first-order valence-corrected chi connectivity index (χ1v) is 5.51. The number of nitrogens with zero attached hydrogens (tertiary/aromatic N) is 1. The zero-order valence-electron chi connectivity index (χ0n) is 8.78. The molecule has 7 heteroatoms. The van der Waals surface area contributed by atoms with Crippen LogP contribution in [0.4, 0.5) is 10.1 Å². The lowest BCUT2D eigenvalue weighted by atomic mass is 10.0. The predicted octanol–water partition coefficient (Wildman–Crippen LogP) is 1.45. The summed E-state index contributed by atoms with van der Waals surface area (Å²) in [6.45, 7) is 0. The van der Waals surface area contributed by atoms with Crippen LogP contribution in [0, 0.1) is 15.9 Å². The van der Waals surface area contributed by atoms with Gasteiger partial charge in [-0.25, -0.2) is 4.39 Å².